The first-order chi connectivity index (χ1) is 14.7. The SMILES string of the molecule is Cc1nn(-c2ccc(Cl)c(Cl)c2)c(C)c1CC(=O)Nc1ccc(NC(=O)C(C)C)cc1. The highest BCUT2D eigenvalue weighted by molar-refractivity contribution is 6.42. The number of carbonyl (C=O) groups is 2. The number of nitrogens with zero attached hydrogens (tertiary/aromatic N) is 2. The van der Waals surface area contributed by atoms with E-state index in [1.165, 1.54) is 0 Å². The molecule has 2 N–H and O–H groups in total. The van der Waals surface area contributed by atoms with Crippen LogP contribution in [-0.4, -0.2) is 21.6 Å². The normalized spacial score (nSPS) is 10.9. The Bertz CT molecular complexity index is 1120. The third-order valence-electron chi connectivity index (χ3n) is 4.89. The second-order valence-electron chi connectivity index (χ2n) is 7.61. The van der Waals surface area contributed by atoms with Crippen molar-refractivity contribution >= 4 is 46.4 Å². The molecule has 0 aliphatic heterocycles. The van der Waals surface area contributed by atoms with Crippen LogP contribution >= 0.6 is 23.2 Å². The number of aryl methyl sites for hydroxylation is 1. The number of hydrogen-bond acceptors (Lipinski definition) is 3. The average Bonchev–Trinajstić information content (AvgIpc) is 2.99. The molecule has 162 valence electrons. The molecule has 0 spiro atoms. The van der Waals surface area contributed by atoms with Crippen molar-refractivity contribution in [1.29, 1.82) is 0 Å². The summed E-state index contributed by atoms with van der Waals surface area (Å²) in [6.45, 7) is 7.45. The van der Waals surface area contributed by atoms with E-state index in [0.29, 0.717) is 21.4 Å². The van der Waals surface area contributed by atoms with Gasteiger partial charge >= 0.3 is 0 Å². The molecule has 8 heteroatoms. The summed E-state index contributed by atoms with van der Waals surface area (Å²) in [5.74, 6) is -0.309. The largest absolute Gasteiger partial charge is 0.326 e. The predicted molar refractivity (Wildman–Crippen MR) is 125 cm³/mol. The van der Waals surface area contributed by atoms with Crippen molar-refractivity contribution in [3.05, 3.63) is 69.5 Å². The minimum Gasteiger partial charge on any atom is -0.326 e. The Morgan fingerprint density at radius 3 is 2.16 bits per heavy atom. The number of anilines is 2. The standard InChI is InChI=1S/C23H24Cl2N4O2/c1-13(2)23(31)27-17-7-5-16(6-8-17)26-22(30)12-19-14(3)28-29(15(19)4)18-9-10-20(24)21(25)11-18/h5-11,13H,12H2,1-4H3,(H,26,30)(H,27,31). The van der Waals surface area contributed by atoms with E-state index in [1.807, 2.05) is 33.8 Å². The molecule has 0 saturated carbocycles. The summed E-state index contributed by atoms with van der Waals surface area (Å²) >= 11 is 12.1. The van der Waals surface area contributed by atoms with E-state index in [0.717, 1.165) is 22.6 Å². The van der Waals surface area contributed by atoms with Gasteiger partial charge in [0.1, 0.15) is 0 Å². The minimum atomic E-state index is -0.154. The van der Waals surface area contributed by atoms with E-state index in [4.69, 9.17) is 23.2 Å². The summed E-state index contributed by atoms with van der Waals surface area (Å²) in [5, 5.41) is 11.2. The van der Waals surface area contributed by atoms with Crippen LogP contribution in [0.5, 0.6) is 0 Å². The molecule has 0 radical (unpaired) electrons. The van der Waals surface area contributed by atoms with Gasteiger partial charge in [-0.3, -0.25) is 9.59 Å². The molecule has 2 amide bonds. The van der Waals surface area contributed by atoms with Gasteiger partial charge in [-0.2, -0.15) is 5.10 Å². The molecule has 0 fully saturated rings. The van der Waals surface area contributed by atoms with Crippen molar-refractivity contribution < 1.29 is 9.59 Å². The summed E-state index contributed by atoms with van der Waals surface area (Å²) in [6, 6.07) is 12.3. The maximum Gasteiger partial charge on any atom is 0.228 e. The van der Waals surface area contributed by atoms with Crippen LogP contribution in [0.2, 0.25) is 10.0 Å². The van der Waals surface area contributed by atoms with Crippen molar-refractivity contribution in [3.8, 4) is 5.69 Å². The maximum absolute atomic E-state index is 12.6. The van der Waals surface area contributed by atoms with Gasteiger partial charge in [0.15, 0.2) is 0 Å². The number of benzene rings is 2. The number of hydrogen-bond donors (Lipinski definition) is 2. The third kappa shape index (κ3) is 5.46. The summed E-state index contributed by atoms with van der Waals surface area (Å²) < 4.78 is 1.76. The number of nitrogens with one attached hydrogen (secondary N) is 2. The molecule has 31 heavy (non-hydrogen) atoms. The monoisotopic (exact) mass is 458 g/mol. The molecule has 6 nitrogen and oxygen atoms in total. The van der Waals surface area contributed by atoms with Crippen LogP contribution in [0.25, 0.3) is 5.69 Å². The number of halogens is 2. The van der Waals surface area contributed by atoms with Gasteiger partial charge in [0.2, 0.25) is 11.8 Å². The fourth-order valence-corrected chi connectivity index (χ4v) is 3.38. The van der Waals surface area contributed by atoms with Crippen LogP contribution in [0.1, 0.15) is 30.8 Å². The van der Waals surface area contributed by atoms with Gasteiger partial charge in [-0.05, 0) is 56.3 Å². The van der Waals surface area contributed by atoms with Crippen LogP contribution in [0.3, 0.4) is 0 Å². The molecule has 0 aliphatic carbocycles. The second kappa shape index (κ2) is 9.54. The van der Waals surface area contributed by atoms with Crippen molar-refractivity contribution in [2.45, 2.75) is 34.1 Å². The van der Waals surface area contributed by atoms with Crippen LogP contribution < -0.4 is 10.6 Å². The van der Waals surface area contributed by atoms with Crippen LogP contribution in [0.4, 0.5) is 11.4 Å². The molecule has 1 aromatic heterocycles. The fraction of sp³-hybridized carbons (Fsp3) is 0.261. The Hall–Kier alpha value is -2.83. The van der Waals surface area contributed by atoms with E-state index in [9.17, 15) is 9.59 Å². The highest BCUT2D eigenvalue weighted by Crippen LogP contribution is 2.26. The van der Waals surface area contributed by atoms with E-state index in [-0.39, 0.29) is 24.2 Å². The third-order valence-corrected chi connectivity index (χ3v) is 5.63. The Morgan fingerprint density at radius 1 is 0.968 bits per heavy atom. The zero-order valence-electron chi connectivity index (χ0n) is 17.8. The minimum absolute atomic E-state index is 0.0540. The van der Waals surface area contributed by atoms with Gasteiger partial charge < -0.3 is 10.6 Å². The predicted octanol–water partition coefficient (Wildman–Crippen LogP) is 5.57. The molecule has 0 unspecified atom stereocenters. The van der Waals surface area contributed by atoms with Crippen molar-refractivity contribution in [2.24, 2.45) is 5.92 Å². The Balaban J connectivity index is 1.70. The lowest BCUT2D eigenvalue weighted by Crippen LogP contribution is -2.18. The topological polar surface area (TPSA) is 76.0 Å². The lowest BCUT2D eigenvalue weighted by atomic mass is 10.1. The van der Waals surface area contributed by atoms with Gasteiger partial charge in [0.25, 0.3) is 0 Å². The molecule has 0 bridgehead atoms. The van der Waals surface area contributed by atoms with Crippen molar-refractivity contribution in [1.82, 2.24) is 9.78 Å². The molecule has 2 aromatic carbocycles. The van der Waals surface area contributed by atoms with E-state index < -0.39 is 0 Å². The smallest absolute Gasteiger partial charge is 0.228 e. The fourth-order valence-electron chi connectivity index (χ4n) is 3.09. The molecule has 3 rings (SSSR count). The molecular formula is C23H24Cl2N4O2. The molecular weight excluding hydrogens is 435 g/mol. The van der Waals surface area contributed by atoms with Crippen LogP contribution in [0, 0.1) is 19.8 Å². The lowest BCUT2D eigenvalue weighted by Gasteiger charge is -2.10. The Morgan fingerprint density at radius 2 is 1.58 bits per heavy atom. The summed E-state index contributed by atoms with van der Waals surface area (Å²) in [5.41, 5.74) is 4.60. The quantitative estimate of drug-likeness (QED) is 0.506. The van der Waals surface area contributed by atoms with Crippen molar-refractivity contribution in [3.63, 3.8) is 0 Å². The van der Waals surface area contributed by atoms with E-state index in [1.54, 1.807) is 41.1 Å². The Labute approximate surface area is 191 Å². The highest BCUT2D eigenvalue weighted by atomic mass is 35.5. The summed E-state index contributed by atoms with van der Waals surface area (Å²) in [7, 11) is 0. The molecule has 0 atom stereocenters. The van der Waals surface area contributed by atoms with Crippen LogP contribution in [0.15, 0.2) is 42.5 Å². The first-order valence-corrected chi connectivity index (χ1v) is 10.6. The first-order valence-electron chi connectivity index (χ1n) is 9.87. The van der Waals surface area contributed by atoms with Crippen molar-refractivity contribution in [2.75, 3.05) is 10.6 Å². The molecule has 0 aliphatic rings. The molecule has 3 aromatic rings. The van der Waals surface area contributed by atoms with E-state index in [2.05, 4.69) is 15.7 Å². The summed E-state index contributed by atoms with van der Waals surface area (Å²) in [6.07, 6.45) is 0.185. The lowest BCUT2D eigenvalue weighted by molar-refractivity contribution is -0.119. The van der Waals surface area contributed by atoms with Gasteiger partial charge in [0, 0.05) is 28.6 Å². The second-order valence-corrected chi connectivity index (χ2v) is 8.42. The maximum atomic E-state index is 12.6. The van der Waals surface area contributed by atoms with Crippen LogP contribution in [-0.2, 0) is 16.0 Å². The molecule has 0 saturated heterocycles. The van der Waals surface area contributed by atoms with Gasteiger partial charge in [0.05, 0.1) is 27.8 Å². The average molecular weight is 459 g/mol. The number of rotatable bonds is 6. The Kier molecular flexibility index (Phi) is 7.03. The van der Waals surface area contributed by atoms with Gasteiger partial charge in [-0.25, -0.2) is 4.68 Å². The number of amides is 2. The van der Waals surface area contributed by atoms with Gasteiger partial charge in [-0.1, -0.05) is 37.0 Å². The van der Waals surface area contributed by atoms with E-state index >= 15 is 0 Å². The zero-order valence-corrected chi connectivity index (χ0v) is 19.3. The summed E-state index contributed by atoms with van der Waals surface area (Å²) in [4.78, 5) is 24.4. The molecule has 1 heterocycles. The zero-order chi connectivity index (χ0) is 22.7. The number of carbonyl (C=O) groups excluding carboxylic acids is 2. The number of aromatic nitrogens is 2. The van der Waals surface area contributed by atoms with Gasteiger partial charge in [-0.15, -0.1) is 0 Å². The first kappa shape index (κ1) is 22.8. The highest BCUT2D eigenvalue weighted by Gasteiger charge is 2.17.